The molecule has 0 atom stereocenters. The standard InChI is InChI=1S/C17H11ClFNO2/c18-14-9-12(5-6-15(14)19)20-17(22)13-7-10-3-1-2-4-11(10)8-16(13)21/h1-9,21H,(H,20,22). The number of nitrogens with one attached hydrogen (secondary N) is 1. The van der Waals surface area contributed by atoms with Gasteiger partial charge in [-0.2, -0.15) is 0 Å². The molecule has 5 heteroatoms. The first kappa shape index (κ1) is 14.4. The van der Waals surface area contributed by atoms with Crippen molar-refractivity contribution in [1.29, 1.82) is 0 Å². The van der Waals surface area contributed by atoms with Gasteiger partial charge in [0.25, 0.3) is 5.91 Å². The van der Waals surface area contributed by atoms with Gasteiger partial charge in [0.05, 0.1) is 10.6 Å². The average Bonchev–Trinajstić information content (AvgIpc) is 2.50. The van der Waals surface area contributed by atoms with E-state index in [-0.39, 0.29) is 16.3 Å². The molecule has 0 aliphatic heterocycles. The molecule has 0 aliphatic rings. The van der Waals surface area contributed by atoms with Crippen molar-refractivity contribution in [3.05, 3.63) is 71.0 Å². The van der Waals surface area contributed by atoms with E-state index in [0.29, 0.717) is 5.69 Å². The molecule has 0 saturated heterocycles. The molecule has 2 N–H and O–H groups in total. The molecule has 3 aromatic rings. The number of halogens is 2. The van der Waals surface area contributed by atoms with Crippen molar-refractivity contribution in [2.24, 2.45) is 0 Å². The molecule has 0 aromatic heterocycles. The summed E-state index contributed by atoms with van der Waals surface area (Å²) < 4.78 is 13.1. The monoisotopic (exact) mass is 315 g/mol. The number of phenolic OH excluding ortho intramolecular Hbond substituents is 1. The zero-order valence-electron chi connectivity index (χ0n) is 11.3. The Bertz CT molecular complexity index is 880. The number of benzene rings is 3. The number of anilines is 1. The molecular formula is C17H11ClFNO2. The third-order valence-corrected chi connectivity index (χ3v) is 3.58. The summed E-state index contributed by atoms with van der Waals surface area (Å²) in [5, 5.41) is 14.2. The number of phenols is 1. The van der Waals surface area contributed by atoms with Crippen LogP contribution in [0.25, 0.3) is 10.8 Å². The predicted octanol–water partition coefficient (Wildman–Crippen LogP) is 4.59. The van der Waals surface area contributed by atoms with Crippen LogP contribution in [-0.2, 0) is 0 Å². The number of rotatable bonds is 2. The molecule has 3 nitrogen and oxygen atoms in total. The van der Waals surface area contributed by atoms with Gasteiger partial charge in [0, 0.05) is 5.69 Å². The first-order valence-electron chi connectivity index (χ1n) is 6.53. The van der Waals surface area contributed by atoms with Crippen LogP contribution in [0.2, 0.25) is 5.02 Å². The Morgan fingerprint density at radius 2 is 1.73 bits per heavy atom. The van der Waals surface area contributed by atoms with Crippen molar-refractivity contribution < 1.29 is 14.3 Å². The normalized spacial score (nSPS) is 10.6. The van der Waals surface area contributed by atoms with Gasteiger partial charge in [0.15, 0.2) is 0 Å². The molecular weight excluding hydrogens is 305 g/mol. The topological polar surface area (TPSA) is 49.3 Å². The van der Waals surface area contributed by atoms with Crippen molar-refractivity contribution in [1.82, 2.24) is 0 Å². The van der Waals surface area contributed by atoms with E-state index >= 15 is 0 Å². The van der Waals surface area contributed by atoms with Crippen LogP contribution < -0.4 is 5.32 Å². The Morgan fingerprint density at radius 1 is 1.05 bits per heavy atom. The molecule has 3 aromatic carbocycles. The van der Waals surface area contributed by atoms with Gasteiger partial charge in [-0.3, -0.25) is 4.79 Å². The summed E-state index contributed by atoms with van der Waals surface area (Å²) in [5.74, 6) is -1.18. The lowest BCUT2D eigenvalue weighted by Crippen LogP contribution is -2.12. The summed E-state index contributed by atoms with van der Waals surface area (Å²) in [6.45, 7) is 0. The molecule has 110 valence electrons. The maximum absolute atomic E-state index is 13.1. The van der Waals surface area contributed by atoms with Crippen LogP contribution in [-0.4, -0.2) is 11.0 Å². The smallest absolute Gasteiger partial charge is 0.259 e. The van der Waals surface area contributed by atoms with Crippen molar-refractivity contribution in [2.75, 3.05) is 5.32 Å². The van der Waals surface area contributed by atoms with Crippen LogP contribution in [0.1, 0.15) is 10.4 Å². The van der Waals surface area contributed by atoms with Crippen LogP contribution in [0, 0.1) is 5.82 Å². The van der Waals surface area contributed by atoms with Gasteiger partial charge in [-0.1, -0.05) is 35.9 Å². The lowest BCUT2D eigenvalue weighted by molar-refractivity contribution is 0.102. The average molecular weight is 316 g/mol. The molecule has 0 aliphatic carbocycles. The lowest BCUT2D eigenvalue weighted by Gasteiger charge is -2.09. The van der Waals surface area contributed by atoms with E-state index in [0.717, 1.165) is 16.8 Å². The summed E-state index contributed by atoms with van der Waals surface area (Å²) in [6.07, 6.45) is 0. The van der Waals surface area contributed by atoms with Gasteiger partial charge in [-0.15, -0.1) is 0 Å². The minimum atomic E-state index is -0.562. The van der Waals surface area contributed by atoms with E-state index in [1.807, 2.05) is 24.3 Å². The van der Waals surface area contributed by atoms with E-state index < -0.39 is 11.7 Å². The number of carbonyl (C=O) groups is 1. The first-order valence-corrected chi connectivity index (χ1v) is 6.90. The van der Waals surface area contributed by atoms with Crippen LogP contribution in [0.3, 0.4) is 0 Å². The Morgan fingerprint density at radius 3 is 2.41 bits per heavy atom. The fourth-order valence-electron chi connectivity index (χ4n) is 2.18. The highest BCUT2D eigenvalue weighted by atomic mass is 35.5. The maximum atomic E-state index is 13.1. The van der Waals surface area contributed by atoms with Gasteiger partial charge < -0.3 is 10.4 Å². The fraction of sp³-hybridized carbons (Fsp3) is 0. The third kappa shape index (κ3) is 2.73. The minimum Gasteiger partial charge on any atom is -0.507 e. The molecule has 0 saturated carbocycles. The van der Waals surface area contributed by atoms with Gasteiger partial charge in [-0.05, 0) is 41.1 Å². The van der Waals surface area contributed by atoms with Crippen LogP contribution in [0.5, 0.6) is 5.75 Å². The van der Waals surface area contributed by atoms with E-state index in [1.165, 1.54) is 18.2 Å². The lowest BCUT2D eigenvalue weighted by atomic mass is 10.1. The van der Waals surface area contributed by atoms with Gasteiger partial charge in [-0.25, -0.2) is 4.39 Å². The number of hydrogen-bond donors (Lipinski definition) is 2. The fourth-order valence-corrected chi connectivity index (χ4v) is 2.36. The van der Waals surface area contributed by atoms with Crippen molar-refractivity contribution in [3.63, 3.8) is 0 Å². The Kier molecular flexibility index (Phi) is 3.69. The summed E-state index contributed by atoms with van der Waals surface area (Å²) in [7, 11) is 0. The molecule has 1 amide bonds. The number of amides is 1. The molecule has 0 unspecified atom stereocenters. The van der Waals surface area contributed by atoms with Crippen LogP contribution in [0.4, 0.5) is 10.1 Å². The Labute approximate surface area is 131 Å². The molecule has 0 bridgehead atoms. The van der Waals surface area contributed by atoms with E-state index in [1.54, 1.807) is 6.07 Å². The van der Waals surface area contributed by atoms with Crippen molar-refractivity contribution >= 4 is 34.0 Å². The van der Waals surface area contributed by atoms with Crippen molar-refractivity contribution in [3.8, 4) is 5.75 Å². The zero-order valence-corrected chi connectivity index (χ0v) is 12.1. The maximum Gasteiger partial charge on any atom is 0.259 e. The van der Waals surface area contributed by atoms with Crippen LogP contribution >= 0.6 is 11.6 Å². The second-order valence-corrected chi connectivity index (χ2v) is 5.21. The Hall–Kier alpha value is -2.59. The third-order valence-electron chi connectivity index (χ3n) is 3.29. The molecule has 0 spiro atoms. The highest BCUT2D eigenvalue weighted by Crippen LogP contribution is 2.26. The highest BCUT2D eigenvalue weighted by Gasteiger charge is 2.13. The highest BCUT2D eigenvalue weighted by molar-refractivity contribution is 6.31. The predicted molar refractivity (Wildman–Crippen MR) is 85.0 cm³/mol. The minimum absolute atomic E-state index is 0.0828. The van der Waals surface area contributed by atoms with Gasteiger partial charge in [0.2, 0.25) is 0 Å². The van der Waals surface area contributed by atoms with Crippen molar-refractivity contribution in [2.45, 2.75) is 0 Å². The number of carbonyl (C=O) groups excluding carboxylic acids is 1. The number of aromatic hydroxyl groups is 1. The molecule has 22 heavy (non-hydrogen) atoms. The number of hydrogen-bond acceptors (Lipinski definition) is 2. The molecule has 3 rings (SSSR count). The summed E-state index contributed by atoms with van der Waals surface area (Å²) in [4.78, 5) is 12.3. The Balaban J connectivity index is 1.94. The molecule has 0 radical (unpaired) electrons. The van der Waals surface area contributed by atoms with Crippen LogP contribution in [0.15, 0.2) is 54.6 Å². The summed E-state index contributed by atoms with van der Waals surface area (Å²) in [6, 6.07) is 14.4. The van der Waals surface area contributed by atoms with Gasteiger partial charge in [0.1, 0.15) is 11.6 Å². The SMILES string of the molecule is O=C(Nc1ccc(F)c(Cl)c1)c1cc2ccccc2cc1O. The van der Waals surface area contributed by atoms with E-state index in [2.05, 4.69) is 5.32 Å². The second-order valence-electron chi connectivity index (χ2n) is 4.80. The summed E-state index contributed by atoms with van der Waals surface area (Å²) in [5.41, 5.74) is 0.489. The van der Waals surface area contributed by atoms with E-state index in [4.69, 9.17) is 11.6 Å². The zero-order chi connectivity index (χ0) is 15.7. The summed E-state index contributed by atoms with van der Waals surface area (Å²) >= 11 is 5.68. The first-order chi connectivity index (χ1) is 10.5. The molecule has 0 fully saturated rings. The number of fused-ring (bicyclic) bond motifs is 1. The second kappa shape index (κ2) is 5.66. The quantitative estimate of drug-likeness (QED) is 0.726. The largest absolute Gasteiger partial charge is 0.507 e. The molecule has 0 heterocycles. The van der Waals surface area contributed by atoms with Gasteiger partial charge >= 0.3 is 0 Å². The van der Waals surface area contributed by atoms with E-state index in [9.17, 15) is 14.3 Å².